The normalized spacial score (nSPS) is 13.2. The summed E-state index contributed by atoms with van der Waals surface area (Å²) in [5.74, 6) is 1.80. The van der Waals surface area contributed by atoms with Crippen LogP contribution in [0.15, 0.2) is 5.10 Å². The van der Waals surface area contributed by atoms with E-state index < -0.39 is 0 Å². The zero-order valence-electron chi connectivity index (χ0n) is 7.63. The van der Waals surface area contributed by atoms with Gasteiger partial charge in [-0.1, -0.05) is 20.4 Å². The molecule has 2 N–H and O–H groups in total. The molecule has 0 spiro atoms. The average molecular weight is 177 g/mol. The van der Waals surface area contributed by atoms with Gasteiger partial charge in [-0.05, 0) is 0 Å². The molecule has 0 fully saturated rings. The number of aromatic nitrogens is 2. The summed E-state index contributed by atoms with van der Waals surface area (Å²) in [5, 5.41) is 5.31. The standard InChI is InChI=1S/C8H11N5/c1-4(2)7-9-5(3)6-8(10-7)12-13-11-6/h4H,3H2,1-2H3,(H2,9,10,11,12,13). The summed E-state index contributed by atoms with van der Waals surface area (Å²) < 4.78 is 0. The smallest absolute Gasteiger partial charge is 0.177 e. The van der Waals surface area contributed by atoms with Gasteiger partial charge in [-0.15, -0.1) is 0 Å². The number of anilines is 1. The third-order valence-corrected chi connectivity index (χ3v) is 1.83. The summed E-state index contributed by atoms with van der Waals surface area (Å²) in [5.41, 5.74) is 5.46. The predicted molar refractivity (Wildman–Crippen MR) is 49.2 cm³/mol. The van der Waals surface area contributed by atoms with E-state index in [0.29, 0.717) is 22.4 Å². The molecule has 0 bridgehead atoms. The zero-order chi connectivity index (χ0) is 9.42. The topological polar surface area (TPSA) is 62.2 Å². The van der Waals surface area contributed by atoms with Gasteiger partial charge in [0.2, 0.25) is 0 Å². The van der Waals surface area contributed by atoms with E-state index in [1.165, 1.54) is 0 Å². The molecule has 1 aromatic rings. The van der Waals surface area contributed by atoms with Crippen molar-refractivity contribution < 1.29 is 0 Å². The molecule has 0 amide bonds. The van der Waals surface area contributed by atoms with Crippen LogP contribution in [-0.2, 0) is 0 Å². The maximum atomic E-state index is 4.30. The molecule has 13 heavy (non-hydrogen) atoms. The van der Waals surface area contributed by atoms with Crippen molar-refractivity contribution in [2.75, 3.05) is 5.43 Å². The fourth-order valence-electron chi connectivity index (χ4n) is 1.12. The van der Waals surface area contributed by atoms with Crippen LogP contribution in [0.25, 0.3) is 6.58 Å². The minimum absolute atomic E-state index is 0.299. The molecule has 0 unspecified atom stereocenters. The van der Waals surface area contributed by atoms with E-state index in [4.69, 9.17) is 0 Å². The molecular weight excluding hydrogens is 166 g/mol. The fourth-order valence-corrected chi connectivity index (χ4v) is 1.12. The molecule has 0 atom stereocenters. The Morgan fingerprint density at radius 1 is 1.31 bits per heavy atom. The van der Waals surface area contributed by atoms with Crippen LogP contribution in [0.1, 0.15) is 25.6 Å². The summed E-state index contributed by atoms with van der Waals surface area (Å²) >= 11 is 0. The first-order chi connectivity index (χ1) is 6.18. The second kappa shape index (κ2) is 2.69. The van der Waals surface area contributed by atoms with E-state index >= 15 is 0 Å². The molecule has 1 aliphatic rings. The lowest BCUT2D eigenvalue weighted by atomic mass is 10.2. The van der Waals surface area contributed by atoms with Crippen LogP contribution in [0.2, 0.25) is 0 Å². The first-order valence-electron chi connectivity index (χ1n) is 4.14. The van der Waals surface area contributed by atoms with Crippen molar-refractivity contribution in [3.05, 3.63) is 16.5 Å². The Kier molecular flexibility index (Phi) is 1.65. The maximum Gasteiger partial charge on any atom is 0.177 e. The zero-order valence-corrected chi connectivity index (χ0v) is 7.63. The highest BCUT2D eigenvalue weighted by Crippen LogP contribution is 2.07. The van der Waals surface area contributed by atoms with E-state index in [1.54, 1.807) is 0 Å². The molecule has 0 saturated carbocycles. The molecule has 0 radical (unpaired) electrons. The predicted octanol–water partition coefficient (Wildman–Crippen LogP) is -0.525. The molecule has 2 rings (SSSR count). The first kappa shape index (κ1) is 7.97. The summed E-state index contributed by atoms with van der Waals surface area (Å²) in [4.78, 5) is 8.54. The van der Waals surface area contributed by atoms with Gasteiger partial charge in [0, 0.05) is 5.92 Å². The van der Waals surface area contributed by atoms with Crippen LogP contribution >= 0.6 is 0 Å². The molecule has 0 aromatic carbocycles. The van der Waals surface area contributed by atoms with Gasteiger partial charge in [-0.3, -0.25) is 5.43 Å². The highest BCUT2D eigenvalue weighted by molar-refractivity contribution is 5.35. The number of hydrazine groups is 1. The summed E-state index contributed by atoms with van der Waals surface area (Å²) in [6, 6.07) is 0. The monoisotopic (exact) mass is 177 g/mol. The molecule has 1 aliphatic heterocycles. The molecular formula is C8H11N5. The van der Waals surface area contributed by atoms with Gasteiger partial charge in [0.1, 0.15) is 5.82 Å². The van der Waals surface area contributed by atoms with E-state index in [2.05, 4.69) is 32.6 Å². The first-order valence-corrected chi connectivity index (χ1v) is 4.14. The van der Waals surface area contributed by atoms with Gasteiger partial charge in [0.05, 0.1) is 5.35 Å². The Morgan fingerprint density at radius 3 is 2.77 bits per heavy atom. The SMILES string of the molecule is C=c1nc(C(C)C)nc2c1=NNN2. The second-order valence-electron chi connectivity index (χ2n) is 3.23. The molecule has 2 heterocycles. The Morgan fingerprint density at radius 2 is 2.08 bits per heavy atom. The fraction of sp³-hybridized carbons (Fsp3) is 0.375. The van der Waals surface area contributed by atoms with Crippen LogP contribution in [0.4, 0.5) is 5.82 Å². The van der Waals surface area contributed by atoms with Crippen LogP contribution < -0.4 is 21.7 Å². The summed E-state index contributed by atoms with van der Waals surface area (Å²) in [6.07, 6.45) is 0. The van der Waals surface area contributed by atoms with Crippen molar-refractivity contribution in [2.45, 2.75) is 19.8 Å². The van der Waals surface area contributed by atoms with Gasteiger partial charge < -0.3 is 0 Å². The average Bonchev–Trinajstić information content (AvgIpc) is 2.51. The third-order valence-electron chi connectivity index (χ3n) is 1.83. The van der Waals surface area contributed by atoms with Gasteiger partial charge in [0.25, 0.3) is 0 Å². The minimum atomic E-state index is 0.299. The molecule has 5 heteroatoms. The minimum Gasteiger partial charge on any atom is -0.266 e. The quantitative estimate of drug-likeness (QED) is 0.605. The molecule has 68 valence electrons. The highest BCUT2D eigenvalue weighted by atomic mass is 15.6. The second-order valence-corrected chi connectivity index (χ2v) is 3.23. The Bertz CT molecular complexity index is 437. The lowest BCUT2D eigenvalue weighted by Gasteiger charge is -2.03. The van der Waals surface area contributed by atoms with Crippen LogP contribution in [0, 0.1) is 0 Å². The maximum absolute atomic E-state index is 4.30. The largest absolute Gasteiger partial charge is 0.266 e. The number of nitrogens with zero attached hydrogens (tertiary/aromatic N) is 3. The Labute approximate surface area is 75.6 Å². The number of hydrogen-bond donors (Lipinski definition) is 2. The highest BCUT2D eigenvalue weighted by Gasteiger charge is 2.10. The van der Waals surface area contributed by atoms with Gasteiger partial charge in [-0.25, -0.2) is 15.5 Å². The van der Waals surface area contributed by atoms with Crippen molar-refractivity contribution in [3.8, 4) is 0 Å². The van der Waals surface area contributed by atoms with E-state index in [1.807, 2.05) is 13.8 Å². The molecule has 5 nitrogen and oxygen atoms in total. The summed E-state index contributed by atoms with van der Waals surface area (Å²) in [6.45, 7) is 7.90. The van der Waals surface area contributed by atoms with Crippen LogP contribution in [-0.4, -0.2) is 9.97 Å². The van der Waals surface area contributed by atoms with Crippen molar-refractivity contribution >= 4 is 12.4 Å². The number of nitrogens with one attached hydrogen (secondary N) is 2. The Balaban J connectivity index is 2.66. The number of rotatable bonds is 1. The van der Waals surface area contributed by atoms with Gasteiger partial charge in [-0.2, -0.15) is 5.10 Å². The Hall–Kier alpha value is -1.65. The van der Waals surface area contributed by atoms with Gasteiger partial charge in [0.15, 0.2) is 11.2 Å². The van der Waals surface area contributed by atoms with Crippen LogP contribution in [0.5, 0.6) is 0 Å². The third kappa shape index (κ3) is 1.22. The van der Waals surface area contributed by atoms with Crippen molar-refractivity contribution in [1.29, 1.82) is 0 Å². The molecule has 0 aliphatic carbocycles. The number of hydrogen-bond acceptors (Lipinski definition) is 5. The van der Waals surface area contributed by atoms with E-state index in [9.17, 15) is 0 Å². The summed E-state index contributed by atoms with van der Waals surface area (Å²) in [7, 11) is 0. The lowest BCUT2D eigenvalue weighted by Crippen LogP contribution is -2.29. The molecule has 1 aromatic heterocycles. The van der Waals surface area contributed by atoms with E-state index in [0.717, 1.165) is 5.82 Å². The van der Waals surface area contributed by atoms with Crippen molar-refractivity contribution in [3.63, 3.8) is 0 Å². The van der Waals surface area contributed by atoms with Crippen molar-refractivity contribution in [2.24, 2.45) is 5.10 Å². The van der Waals surface area contributed by atoms with Crippen LogP contribution in [0.3, 0.4) is 0 Å². The van der Waals surface area contributed by atoms with Gasteiger partial charge >= 0.3 is 0 Å². The lowest BCUT2D eigenvalue weighted by molar-refractivity contribution is 0.767. The van der Waals surface area contributed by atoms with E-state index in [-0.39, 0.29) is 0 Å². The number of fused-ring (bicyclic) bond motifs is 1. The molecule has 0 saturated heterocycles. The van der Waals surface area contributed by atoms with Crippen molar-refractivity contribution in [1.82, 2.24) is 15.5 Å².